The molecule has 25 heavy (non-hydrogen) atoms. The minimum Gasteiger partial charge on any atom is -0.483 e. The van der Waals surface area contributed by atoms with Gasteiger partial charge in [0.1, 0.15) is 5.75 Å². The molecule has 4 rings (SSSR count). The Morgan fingerprint density at radius 2 is 2.04 bits per heavy atom. The number of fused-ring (bicyclic) bond motifs is 2. The van der Waals surface area contributed by atoms with E-state index in [9.17, 15) is 4.79 Å². The summed E-state index contributed by atoms with van der Waals surface area (Å²) < 4.78 is 12.6. The molecule has 2 aliphatic rings. The zero-order valence-corrected chi connectivity index (χ0v) is 15.7. The SMILES string of the molecule is O=C(COc1ccc2ccccc2c1Br)N1CCO[C@H]2CCCC[C@H]21. The molecule has 0 unspecified atom stereocenters. The predicted octanol–water partition coefficient (Wildman–Crippen LogP) is 4.15. The normalized spacial score (nSPS) is 23.3. The molecule has 2 fully saturated rings. The second kappa shape index (κ2) is 7.34. The van der Waals surface area contributed by atoms with E-state index >= 15 is 0 Å². The maximum atomic E-state index is 12.7. The first-order chi connectivity index (χ1) is 12.2. The van der Waals surface area contributed by atoms with Gasteiger partial charge in [-0.15, -0.1) is 0 Å². The molecule has 132 valence electrons. The molecule has 5 heteroatoms. The summed E-state index contributed by atoms with van der Waals surface area (Å²) in [5, 5.41) is 2.23. The fraction of sp³-hybridized carbons (Fsp3) is 0.450. The summed E-state index contributed by atoms with van der Waals surface area (Å²) >= 11 is 3.61. The first kappa shape index (κ1) is 16.9. The summed E-state index contributed by atoms with van der Waals surface area (Å²) in [5.74, 6) is 0.765. The van der Waals surface area contributed by atoms with Crippen molar-refractivity contribution in [1.82, 2.24) is 4.90 Å². The van der Waals surface area contributed by atoms with E-state index in [1.54, 1.807) is 0 Å². The minimum atomic E-state index is 0.0558. The molecule has 1 saturated carbocycles. The van der Waals surface area contributed by atoms with Gasteiger partial charge in [0.05, 0.1) is 23.2 Å². The summed E-state index contributed by atoms with van der Waals surface area (Å²) in [6.07, 6.45) is 4.68. The van der Waals surface area contributed by atoms with Gasteiger partial charge in [-0.2, -0.15) is 0 Å². The minimum absolute atomic E-state index is 0.0558. The van der Waals surface area contributed by atoms with Crippen LogP contribution in [0.2, 0.25) is 0 Å². The maximum Gasteiger partial charge on any atom is 0.260 e. The van der Waals surface area contributed by atoms with Crippen molar-refractivity contribution >= 4 is 32.6 Å². The number of carbonyl (C=O) groups is 1. The Bertz CT molecular complexity index is 777. The molecule has 2 aromatic rings. The highest BCUT2D eigenvalue weighted by Gasteiger charge is 2.36. The zero-order valence-electron chi connectivity index (χ0n) is 14.1. The van der Waals surface area contributed by atoms with E-state index in [0.29, 0.717) is 18.9 Å². The number of carbonyl (C=O) groups excluding carboxylic acids is 1. The quantitative estimate of drug-likeness (QED) is 0.772. The van der Waals surface area contributed by atoms with Gasteiger partial charge in [-0.3, -0.25) is 4.79 Å². The molecule has 1 aliphatic heterocycles. The van der Waals surface area contributed by atoms with Crippen LogP contribution in [0.25, 0.3) is 10.8 Å². The fourth-order valence-electron chi connectivity index (χ4n) is 3.95. The summed E-state index contributed by atoms with van der Waals surface area (Å²) in [6, 6.07) is 12.3. The number of rotatable bonds is 3. The van der Waals surface area contributed by atoms with E-state index in [2.05, 4.69) is 22.0 Å². The number of amides is 1. The third-order valence-electron chi connectivity index (χ3n) is 5.23. The highest BCUT2D eigenvalue weighted by atomic mass is 79.9. The van der Waals surface area contributed by atoms with Crippen molar-refractivity contribution in [2.24, 2.45) is 0 Å². The van der Waals surface area contributed by atoms with Gasteiger partial charge in [-0.25, -0.2) is 0 Å². The number of nitrogens with zero attached hydrogens (tertiary/aromatic N) is 1. The summed E-state index contributed by atoms with van der Waals surface area (Å²) in [4.78, 5) is 14.7. The van der Waals surface area contributed by atoms with Crippen LogP contribution in [-0.4, -0.2) is 42.7 Å². The molecular weight excluding hydrogens is 382 g/mol. The average Bonchev–Trinajstić information content (AvgIpc) is 2.67. The third-order valence-corrected chi connectivity index (χ3v) is 6.05. The van der Waals surface area contributed by atoms with E-state index in [0.717, 1.165) is 28.1 Å². The van der Waals surface area contributed by atoms with Gasteiger partial charge in [-0.05, 0) is 45.6 Å². The van der Waals surface area contributed by atoms with E-state index in [1.807, 2.05) is 35.2 Å². The summed E-state index contributed by atoms with van der Waals surface area (Å²) in [5.41, 5.74) is 0. The monoisotopic (exact) mass is 403 g/mol. The molecule has 2 atom stereocenters. The summed E-state index contributed by atoms with van der Waals surface area (Å²) in [6.45, 7) is 1.37. The molecule has 0 spiro atoms. The fourth-order valence-corrected chi connectivity index (χ4v) is 4.56. The average molecular weight is 404 g/mol. The smallest absolute Gasteiger partial charge is 0.260 e. The van der Waals surface area contributed by atoms with Crippen LogP contribution in [0, 0.1) is 0 Å². The molecule has 0 bridgehead atoms. The third kappa shape index (κ3) is 3.40. The number of morpholine rings is 1. The molecule has 2 aromatic carbocycles. The van der Waals surface area contributed by atoms with Crippen molar-refractivity contribution in [3.63, 3.8) is 0 Å². The van der Waals surface area contributed by atoms with E-state index in [1.165, 1.54) is 12.8 Å². The number of benzene rings is 2. The molecule has 1 saturated heterocycles. The zero-order chi connectivity index (χ0) is 17.2. The van der Waals surface area contributed by atoms with Crippen LogP contribution < -0.4 is 4.74 Å². The lowest BCUT2D eigenvalue weighted by atomic mass is 9.90. The molecule has 1 amide bonds. The van der Waals surface area contributed by atoms with Crippen molar-refractivity contribution < 1.29 is 14.3 Å². The Kier molecular flexibility index (Phi) is 4.95. The van der Waals surface area contributed by atoms with Crippen molar-refractivity contribution in [3.8, 4) is 5.75 Å². The van der Waals surface area contributed by atoms with Crippen molar-refractivity contribution in [2.45, 2.75) is 37.8 Å². The molecule has 1 heterocycles. The van der Waals surface area contributed by atoms with Crippen molar-refractivity contribution in [1.29, 1.82) is 0 Å². The standard InChI is InChI=1S/C20H22BrNO3/c21-20-15-6-2-1-5-14(15)9-10-18(20)25-13-19(23)22-11-12-24-17-8-4-3-7-16(17)22/h1-2,5-6,9-10,16-17H,3-4,7-8,11-13H2/t16-,17+/m1/s1. The van der Waals surface area contributed by atoms with Crippen LogP contribution in [0.1, 0.15) is 25.7 Å². The lowest BCUT2D eigenvalue weighted by Gasteiger charge is -2.43. The van der Waals surface area contributed by atoms with Gasteiger partial charge in [0, 0.05) is 6.54 Å². The van der Waals surface area contributed by atoms with Gasteiger partial charge in [0.15, 0.2) is 6.61 Å². The van der Waals surface area contributed by atoms with E-state index in [4.69, 9.17) is 9.47 Å². The Balaban J connectivity index is 1.45. The number of halogens is 1. The molecule has 0 N–H and O–H groups in total. The Morgan fingerprint density at radius 3 is 2.96 bits per heavy atom. The Labute approximate surface area is 156 Å². The lowest BCUT2D eigenvalue weighted by Crippen LogP contribution is -2.55. The van der Waals surface area contributed by atoms with Gasteiger partial charge >= 0.3 is 0 Å². The molecule has 1 aliphatic carbocycles. The second-order valence-corrected chi connectivity index (χ2v) is 7.53. The van der Waals surface area contributed by atoms with Crippen LogP contribution in [0.5, 0.6) is 5.75 Å². The maximum absolute atomic E-state index is 12.7. The second-order valence-electron chi connectivity index (χ2n) is 6.74. The topological polar surface area (TPSA) is 38.8 Å². The first-order valence-corrected chi connectivity index (χ1v) is 9.74. The highest BCUT2D eigenvalue weighted by Crippen LogP contribution is 2.33. The highest BCUT2D eigenvalue weighted by molar-refractivity contribution is 9.10. The van der Waals surface area contributed by atoms with Crippen molar-refractivity contribution in [3.05, 3.63) is 40.9 Å². The Morgan fingerprint density at radius 1 is 1.20 bits per heavy atom. The van der Waals surface area contributed by atoms with Crippen LogP contribution >= 0.6 is 15.9 Å². The Hall–Kier alpha value is -1.59. The van der Waals surface area contributed by atoms with Crippen LogP contribution in [0.15, 0.2) is 40.9 Å². The molecular formula is C20H22BrNO3. The van der Waals surface area contributed by atoms with E-state index < -0.39 is 0 Å². The lowest BCUT2D eigenvalue weighted by molar-refractivity contribution is -0.151. The number of hydrogen-bond donors (Lipinski definition) is 0. The largest absolute Gasteiger partial charge is 0.483 e. The van der Waals surface area contributed by atoms with Crippen LogP contribution in [-0.2, 0) is 9.53 Å². The van der Waals surface area contributed by atoms with Crippen LogP contribution in [0.4, 0.5) is 0 Å². The summed E-state index contributed by atoms with van der Waals surface area (Å²) in [7, 11) is 0. The van der Waals surface area contributed by atoms with E-state index in [-0.39, 0.29) is 24.7 Å². The molecule has 0 radical (unpaired) electrons. The van der Waals surface area contributed by atoms with Gasteiger partial charge in [-0.1, -0.05) is 43.2 Å². The first-order valence-electron chi connectivity index (χ1n) is 8.95. The number of ether oxygens (including phenoxy) is 2. The van der Waals surface area contributed by atoms with Crippen molar-refractivity contribution in [2.75, 3.05) is 19.8 Å². The van der Waals surface area contributed by atoms with Gasteiger partial charge in [0.25, 0.3) is 5.91 Å². The molecule has 4 nitrogen and oxygen atoms in total. The van der Waals surface area contributed by atoms with Crippen LogP contribution in [0.3, 0.4) is 0 Å². The van der Waals surface area contributed by atoms with Gasteiger partial charge < -0.3 is 14.4 Å². The van der Waals surface area contributed by atoms with Gasteiger partial charge in [0.2, 0.25) is 0 Å². The molecule has 0 aromatic heterocycles. The predicted molar refractivity (Wildman–Crippen MR) is 101 cm³/mol. The number of hydrogen-bond acceptors (Lipinski definition) is 3.